The van der Waals surface area contributed by atoms with Crippen LogP contribution >= 0.6 is 34.3 Å². The number of aromatic hydroxyl groups is 1. The normalized spacial score (nSPS) is 13.7. The maximum atomic E-state index is 13.5. The molecule has 0 radical (unpaired) electrons. The highest BCUT2D eigenvalue weighted by molar-refractivity contribution is 7.93. The Morgan fingerprint density at radius 2 is 1.39 bits per heavy atom. The van der Waals surface area contributed by atoms with Crippen molar-refractivity contribution in [3.05, 3.63) is 179 Å². The molecule has 4 aromatic heterocycles. The molecule has 5 heterocycles. The number of aromatic nitrogens is 4. The van der Waals surface area contributed by atoms with Gasteiger partial charge >= 0.3 is 13.8 Å². The first kappa shape index (κ1) is 53.1. The minimum absolute atomic E-state index is 0.0907. The Kier molecular flexibility index (Phi) is 16.2. The van der Waals surface area contributed by atoms with Gasteiger partial charge in [0.05, 0.1) is 40.3 Å². The number of halogens is 1. The lowest BCUT2D eigenvalue weighted by atomic mass is 9.78. The first-order valence-corrected chi connectivity index (χ1v) is 27.6. The third kappa shape index (κ3) is 11.9. The van der Waals surface area contributed by atoms with Crippen LogP contribution in [0, 0.1) is 6.57 Å². The summed E-state index contributed by atoms with van der Waals surface area (Å²) in [6.45, 7) is 15.0. The van der Waals surface area contributed by atoms with Crippen LogP contribution < -0.4 is 24.0 Å². The zero-order chi connectivity index (χ0) is 52.7. The number of nitrogens with one attached hydrogen (secondary N) is 1. The van der Waals surface area contributed by atoms with Gasteiger partial charge in [0.25, 0.3) is 20.0 Å². The molecule has 0 unspecified atom stereocenters. The number of sulfonamides is 2. The predicted molar refractivity (Wildman–Crippen MR) is 291 cm³/mol. The van der Waals surface area contributed by atoms with Crippen molar-refractivity contribution in [2.75, 3.05) is 22.9 Å². The molecule has 1 fully saturated rings. The molecule has 74 heavy (non-hydrogen) atoms. The van der Waals surface area contributed by atoms with E-state index in [-0.39, 0.29) is 40.0 Å². The summed E-state index contributed by atoms with van der Waals surface area (Å²) in [5, 5.41) is 17.1. The zero-order valence-electron chi connectivity index (χ0n) is 40.4. The number of pyridine rings is 2. The molecule has 0 saturated carbocycles. The van der Waals surface area contributed by atoms with Crippen LogP contribution in [0.2, 0.25) is 5.15 Å². The predicted octanol–water partition coefficient (Wildman–Crippen LogP) is 10.9. The van der Waals surface area contributed by atoms with Gasteiger partial charge < -0.3 is 23.9 Å². The highest BCUT2D eigenvalue weighted by Crippen LogP contribution is 2.38. The third-order valence-electron chi connectivity index (χ3n) is 12.0. The fourth-order valence-electron chi connectivity index (χ4n) is 7.43. The number of hydrogen-bond donors (Lipinski definition) is 2. The summed E-state index contributed by atoms with van der Waals surface area (Å²) in [7, 11) is -6.52. The highest BCUT2D eigenvalue weighted by atomic mass is 35.5. The summed E-state index contributed by atoms with van der Waals surface area (Å²) < 4.78 is 78.5. The standard InChI is InChI=1S/C20H16ClN3O3S2.C20H14N4O3S2.C12H17BO3/c1-27-16-4-2-14(3-5-16)13-24(20-23-10-11-28-20)29(25,26)17-6-7-18-15(12-17)8-9-22-19(18)21;1-21-13-27-18-5-3-2-4-17(18)19-16-7-6-15(12-14(16)8-9-22-19)29(25,26)24-20-23-10-11-28-20;1-11(2)12(3,4)16-13(15-11)9-7-5-6-8-10(9)14/h2-12H,13H2,1H3;2-12H,13H2,(H,23,24);5-8,14H,1-4H3. The number of benzene rings is 5. The summed E-state index contributed by atoms with van der Waals surface area (Å²) in [5.74, 6) is 1.46. The molecule has 5 aromatic carbocycles. The largest absolute Gasteiger partial charge is 0.508 e. The molecule has 0 atom stereocenters. The first-order chi connectivity index (χ1) is 35.4. The Morgan fingerprint density at radius 3 is 2.07 bits per heavy atom. The molecule has 378 valence electrons. The molecule has 9 aromatic rings. The van der Waals surface area contributed by atoms with Gasteiger partial charge in [-0.2, -0.15) is 0 Å². The molecule has 2 N–H and O–H groups in total. The van der Waals surface area contributed by atoms with E-state index in [1.54, 1.807) is 109 Å². The lowest BCUT2D eigenvalue weighted by Gasteiger charge is -2.32. The molecule has 0 aliphatic carbocycles. The number of thiazole rings is 2. The van der Waals surface area contributed by atoms with Crippen LogP contribution in [0.5, 0.6) is 17.2 Å². The van der Waals surface area contributed by atoms with Gasteiger partial charge in [-0.15, -0.1) is 22.7 Å². The van der Waals surface area contributed by atoms with Crippen molar-refractivity contribution in [1.29, 1.82) is 0 Å². The number of phenols is 1. The van der Waals surface area contributed by atoms with Gasteiger partial charge in [-0.25, -0.2) is 42.7 Å². The zero-order valence-corrected chi connectivity index (χ0v) is 44.4. The molecule has 16 nitrogen and oxygen atoms in total. The van der Waals surface area contributed by atoms with E-state index in [4.69, 9.17) is 37.0 Å². The molecule has 1 aliphatic rings. The molecule has 0 bridgehead atoms. The molecular formula is C52H47BClN7O9S4. The quantitative estimate of drug-likeness (QED) is 0.0629. The van der Waals surface area contributed by atoms with Crippen LogP contribution in [0.25, 0.3) is 37.6 Å². The Morgan fingerprint density at radius 1 is 0.757 bits per heavy atom. The maximum Gasteiger partial charge on any atom is 0.498 e. The van der Waals surface area contributed by atoms with Crippen LogP contribution in [0.15, 0.2) is 167 Å². The summed E-state index contributed by atoms with van der Waals surface area (Å²) in [6.07, 6.45) is 6.29. The molecule has 1 aliphatic heterocycles. The van der Waals surface area contributed by atoms with Gasteiger partial charge in [-0.3, -0.25) is 14.6 Å². The minimum atomic E-state index is -3.86. The van der Waals surface area contributed by atoms with Gasteiger partial charge in [0, 0.05) is 57.3 Å². The van der Waals surface area contributed by atoms with Crippen LogP contribution in [-0.2, 0) is 35.9 Å². The number of phenolic OH excluding ortho intramolecular Hbond substituents is 1. The Bertz CT molecular complexity index is 3660. The Hall–Kier alpha value is -7.16. The smallest absolute Gasteiger partial charge is 0.498 e. The fourth-order valence-corrected chi connectivity index (χ4v) is 11.8. The van der Waals surface area contributed by atoms with Gasteiger partial charge in [-0.05, 0) is 117 Å². The second-order valence-corrected chi connectivity index (χ2v) is 22.9. The number of rotatable bonds is 13. The van der Waals surface area contributed by atoms with Crippen LogP contribution in [0.3, 0.4) is 0 Å². The minimum Gasteiger partial charge on any atom is -0.508 e. The number of fused-ring (bicyclic) bond motifs is 2. The second-order valence-electron chi connectivity index (χ2n) is 17.2. The van der Waals surface area contributed by atoms with Crippen LogP contribution in [0.4, 0.5) is 10.3 Å². The number of ether oxygens (including phenoxy) is 2. The molecule has 1 saturated heterocycles. The summed E-state index contributed by atoms with van der Waals surface area (Å²) in [5.41, 5.74) is 2.14. The number of anilines is 2. The van der Waals surface area contributed by atoms with Crippen LogP contribution in [-0.4, -0.2) is 74.0 Å². The average Bonchev–Trinajstić information content (AvgIpc) is 4.17. The molecule has 0 spiro atoms. The van der Waals surface area contributed by atoms with Crippen molar-refractivity contribution in [2.24, 2.45) is 0 Å². The van der Waals surface area contributed by atoms with E-state index in [1.807, 2.05) is 70.2 Å². The maximum absolute atomic E-state index is 13.5. The lowest BCUT2D eigenvalue weighted by Crippen LogP contribution is -2.41. The topological polar surface area (TPSA) is 197 Å². The van der Waals surface area contributed by atoms with Crippen molar-refractivity contribution >= 4 is 98.7 Å². The van der Waals surface area contributed by atoms with Crippen molar-refractivity contribution in [1.82, 2.24) is 19.9 Å². The second kappa shape index (κ2) is 22.5. The van der Waals surface area contributed by atoms with Crippen molar-refractivity contribution in [3.8, 4) is 28.5 Å². The van der Waals surface area contributed by atoms with Gasteiger partial charge in [-0.1, -0.05) is 60.1 Å². The summed E-state index contributed by atoms with van der Waals surface area (Å²) in [4.78, 5) is 20.2. The Balaban J connectivity index is 0.000000154. The fraction of sp³-hybridized carbons (Fsp3) is 0.173. The number of hydrogen-bond acceptors (Lipinski definition) is 15. The van der Waals surface area contributed by atoms with Crippen molar-refractivity contribution < 1.29 is 40.7 Å². The molecule has 10 rings (SSSR count). The van der Waals surface area contributed by atoms with Crippen molar-refractivity contribution in [3.63, 3.8) is 0 Å². The molecular weight excluding hydrogens is 1040 g/mol. The van der Waals surface area contributed by atoms with E-state index < -0.39 is 27.2 Å². The lowest BCUT2D eigenvalue weighted by molar-refractivity contribution is 0.00578. The third-order valence-corrected chi connectivity index (χ3v) is 17.1. The van der Waals surface area contributed by atoms with Gasteiger partial charge in [0.1, 0.15) is 22.4 Å². The van der Waals surface area contributed by atoms with E-state index in [9.17, 15) is 21.9 Å². The highest BCUT2D eigenvalue weighted by Gasteiger charge is 2.52. The SMILES string of the molecule is CC1(C)OB(c2ccccc2O)OC1(C)C.COc1ccc(CN(c2nccs2)S(=O)(=O)c2ccc3c(Cl)nccc3c2)cc1.[C-]#[N+]COc1ccccc1-c1nccc2cc(S(=O)(=O)Nc3nccs3)ccc12. The Labute approximate surface area is 442 Å². The molecule has 0 amide bonds. The van der Waals surface area contributed by atoms with Gasteiger partial charge in [0.2, 0.25) is 0 Å². The van der Waals surface area contributed by atoms with Crippen molar-refractivity contribution in [2.45, 2.75) is 55.2 Å². The van der Waals surface area contributed by atoms with E-state index in [0.717, 1.165) is 21.9 Å². The number of methoxy groups -OCH3 is 1. The van der Waals surface area contributed by atoms with Crippen LogP contribution in [0.1, 0.15) is 33.3 Å². The monoisotopic (exact) mass is 1090 g/mol. The van der Waals surface area contributed by atoms with Gasteiger partial charge in [0.15, 0.2) is 10.3 Å². The van der Waals surface area contributed by atoms with E-state index >= 15 is 0 Å². The summed E-state index contributed by atoms with van der Waals surface area (Å²) >= 11 is 8.58. The average molecular weight is 1090 g/mol. The summed E-state index contributed by atoms with van der Waals surface area (Å²) in [6, 6.07) is 34.8. The number of para-hydroxylation sites is 2. The number of nitrogens with zero attached hydrogens (tertiary/aromatic N) is 6. The first-order valence-electron chi connectivity index (χ1n) is 22.5. The molecule has 22 heteroatoms. The van der Waals surface area contributed by atoms with E-state index in [2.05, 4.69) is 29.5 Å². The van der Waals surface area contributed by atoms with E-state index in [1.165, 1.54) is 39.2 Å². The van der Waals surface area contributed by atoms with E-state index in [0.29, 0.717) is 48.8 Å².